The molecule has 0 heterocycles. The molecule has 0 saturated carbocycles. The lowest BCUT2D eigenvalue weighted by molar-refractivity contribution is -0.136. The van der Waals surface area contributed by atoms with Gasteiger partial charge in [0.2, 0.25) is 0 Å². The second-order valence-electron chi connectivity index (χ2n) is 3.98. The number of nitrogens with one attached hydrogen (secondary N) is 1. The Balaban J connectivity index is 2.71. The summed E-state index contributed by atoms with van der Waals surface area (Å²) in [4.78, 5) is 0. The van der Waals surface area contributed by atoms with Crippen LogP contribution in [-0.2, 0) is 6.18 Å². The smallest absolute Gasteiger partial charge is 0.384 e. The fourth-order valence-electron chi connectivity index (χ4n) is 1.51. The third-order valence-corrected chi connectivity index (χ3v) is 3.23. The van der Waals surface area contributed by atoms with E-state index in [1.807, 2.05) is 13.2 Å². The van der Waals surface area contributed by atoms with Crippen LogP contribution >= 0.6 is 11.8 Å². The van der Waals surface area contributed by atoms with Gasteiger partial charge in [0.25, 0.3) is 0 Å². The van der Waals surface area contributed by atoms with E-state index < -0.39 is 11.7 Å². The summed E-state index contributed by atoms with van der Waals surface area (Å²) in [6.07, 6.45) is -2.31. The molecule has 5 heteroatoms. The molecule has 1 unspecified atom stereocenters. The maximum absolute atomic E-state index is 12.7. The van der Waals surface area contributed by atoms with Crippen molar-refractivity contribution in [2.75, 3.05) is 23.9 Å². The van der Waals surface area contributed by atoms with E-state index in [1.54, 1.807) is 17.8 Å². The molecule has 0 spiro atoms. The highest BCUT2D eigenvalue weighted by atomic mass is 32.2. The lowest BCUT2D eigenvalue weighted by Gasteiger charge is -2.16. The van der Waals surface area contributed by atoms with Crippen LogP contribution in [0.1, 0.15) is 12.5 Å². The van der Waals surface area contributed by atoms with E-state index in [4.69, 9.17) is 0 Å². The minimum absolute atomic E-state index is 0.160. The highest BCUT2D eigenvalue weighted by Crippen LogP contribution is 2.34. The lowest BCUT2D eigenvalue weighted by atomic mass is 10.1. The Labute approximate surface area is 104 Å². The number of hydrogen-bond acceptors (Lipinski definition) is 2. The molecule has 0 saturated heterocycles. The average Bonchev–Trinajstić information content (AvgIpc) is 2.26. The van der Waals surface area contributed by atoms with Gasteiger partial charge in [0, 0.05) is 12.2 Å². The molecule has 1 rings (SSSR count). The zero-order valence-corrected chi connectivity index (χ0v) is 10.7. The first-order valence-electron chi connectivity index (χ1n) is 5.34. The molecule has 96 valence electrons. The van der Waals surface area contributed by atoms with Crippen molar-refractivity contribution >= 4 is 17.4 Å². The standard InChI is InChI=1S/C12H16F3NS/c1-9(8-17-2)7-16-11-6-4-3-5-10(11)12(13,14)15/h3-6,9,16H,7-8H2,1-2H3. The normalized spacial score (nSPS) is 13.5. The molecule has 0 aliphatic rings. The summed E-state index contributed by atoms with van der Waals surface area (Å²) in [5.41, 5.74) is -0.440. The maximum Gasteiger partial charge on any atom is 0.418 e. The molecule has 0 amide bonds. The minimum atomic E-state index is -4.30. The molecule has 0 fully saturated rings. The number of rotatable bonds is 5. The van der Waals surface area contributed by atoms with Crippen molar-refractivity contribution in [3.63, 3.8) is 0 Å². The van der Waals surface area contributed by atoms with Gasteiger partial charge in [0.05, 0.1) is 5.56 Å². The molecular weight excluding hydrogens is 247 g/mol. The van der Waals surface area contributed by atoms with Crippen LogP contribution in [0.25, 0.3) is 0 Å². The molecule has 0 aliphatic heterocycles. The Bertz CT molecular complexity index is 352. The van der Waals surface area contributed by atoms with Crippen LogP contribution < -0.4 is 5.32 Å². The van der Waals surface area contributed by atoms with Crippen molar-refractivity contribution in [1.29, 1.82) is 0 Å². The Morgan fingerprint density at radius 2 is 1.94 bits per heavy atom. The highest BCUT2D eigenvalue weighted by Gasteiger charge is 2.33. The molecular formula is C12H16F3NS. The van der Waals surface area contributed by atoms with Gasteiger partial charge >= 0.3 is 6.18 Å². The van der Waals surface area contributed by atoms with Gasteiger partial charge in [-0.15, -0.1) is 0 Å². The predicted molar refractivity (Wildman–Crippen MR) is 67.5 cm³/mol. The highest BCUT2D eigenvalue weighted by molar-refractivity contribution is 7.98. The van der Waals surface area contributed by atoms with Crippen molar-refractivity contribution in [2.24, 2.45) is 5.92 Å². The predicted octanol–water partition coefficient (Wildman–Crippen LogP) is 4.12. The largest absolute Gasteiger partial charge is 0.418 e. The Kier molecular flexibility index (Phi) is 5.18. The molecule has 1 nitrogen and oxygen atoms in total. The van der Waals surface area contributed by atoms with Gasteiger partial charge < -0.3 is 5.32 Å². The number of halogens is 3. The molecule has 17 heavy (non-hydrogen) atoms. The van der Waals surface area contributed by atoms with Gasteiger partial charge in [-0.3, -0.25) is 0 Å². The summed E-state index contributed by atoms with van der Waals surface area (Å²) in [5, 5.41) is 2.87. The third kappa shape index (κ3) is 4.50. The molecule has 0 bridgehead atoms. The number of hydrogen-bond donors (Lipinski definition) is 1. The Morgan fingerprint density at radius 3 is 2.53 bits per heavy atom. The van der Waals surface area contributed by atoms with E-state index >= 15 is 0 Å². The second kappa shape index (κ2) is 6.19. The van der Waals surface area contributed by atoms with Gasteiger partial charge in [-0.2, -0.15) is 24.9 Å². The van der Waals surface area contributed by atoms with E-state index in [9.17, 15) is 13.2 Å². The number of anilines is 1. The molecule has 0 aromatic heterocycles. The quantitative estimate of drug-likeness (QED) is 0.857. The van der Waals surface area contributed by atoms with E-state index in [-0.39, 0.29) is 5.69 Å². The monoisotopic (exact) mass is 263 g/mol. The van der Waals surface area contributed by atoms with Crippen molar-refractivity contribution in [2.45, 2.75) is 13.1 Å². The average molecular weight is 263 g/mol. The third-order valence-electron chi connectivity index (χ3n) is 2.32. The first-order chi connectivity index (χ1) is 7.95. The van der Waals surface area contributed by atoms with Crippen molar-refractivity contribution in [1.82, 2.24) is 0 Å². The number of alkyl halides is 3. The zero-order chi connectivity index (χ0) is 12.9. The van der Waals surface area contributed by atoms with E-state index in [0.29, 0.717) is 12.5 Å². The molecule has 1 aromatic carbocycles. The van der Waals surface area contributed by atoms with Gasteiger partial charge in [-0.1, -0.05) is 19.1 Å². The molecule has 1 atom stereocenters. The van der Waals surface area contributed by atoms with Crippen molar-refractivity contribution < 1.29 is 13.2 Å². The van der Waals surface area contributed by atoms with Crippen LogP contribution in [0.2, 0.25) is 0 Å². The van der Waals surface area contributed by atoms with E-state index in [0.717, 1.165) is 11.8 Å². The first kappa shape index (κ1) is 14.2. The van der Waals surface area contributed by atoms with Gasteiger partial charge in [-0.05, 0) is 30.1 Å². The Morgan fingerprint density at radius 1 is 1.29 bits per heavy atom. The SMILES string of the molecule is CSCC(C)CNc1ccccc1C(F)(F)F. The van der Waals surface area contributed by atoms with Crippen LogP contribution in [0, 0.1) is 5.92 Å². The van der Waals surface area contributed by atoms with Gasteiger partial charge in [0.1, 0.15) is 0 Å². The lowest BCUT2D eigenvalue weighted by Crippen LogP contribution is -2.16. The van der Waals surface area contributed by atoms with Crippen LogP contribution in [-0.4, -0.2) is 18.6 Å². The van der Waals surface area contributed by atoms with E-state index in [1.165, 1.54) is 12.1 Å². The Hall–Kier alpha value is -0.840. The molecule has 1 N–H and O–H groups in total. The summed E-state index contributed by atoms with van der Waals surface area (Å²) < 4.78 is 38.0. The second-order valence-corrected chi connectivity index (χ2v) is 4.90. The van der Waals surface area contributed by atoms with Gasteiger partial charge in [0.15, 0.2) is 0 Å². The number of benzene rings is 1. The number of thioether (sulfide) groups is 1. The molecule has 0 aliphatic carbocycles. The van der Waals surface area contributed by atoms with E-state index in [2.05, 4.69) is 5.32 Å². The summed E-state index contributed by atoms with van der Waals surface area (Å²) in [6.45, 7) is 2.56. The molecule has 0 radical (unpaired) electrons. The zero-order valence-electron chi connectivity index (χ0n) is 9.84. The first-order valence-corrected chi connectivity index (χ1v) is 6.73. The molecule has 1 aromatic rings. The topological polar surface area (TPSA) is 12.0 Å². The summed E-state index contributed by atoms with van der Waals surface area (Å²) in [6, 6.07) is 5.58. The van der Waals surface area contributed by atoms with Crippen LogP contribution in [0.15, 0.2) is 24.3 Å². The summed E-state index contributed by atoms with van der Waals surface area (Å²) >= 11 is 1.69. The van der Waals surface area contributed by atoms with Crippen LogP contribution in [0.5, 0.6) is 0 Å². The van der Waals surface area contributed by atoms with Crippen LogP contribution in [0.3, 0.4) is 0 Å². The summed E-state index contributed by atoms with van der Waals surface area (Å²) in [7, 11) is 0. The van der Waals surface area contributed by atoms with Gasteiger partial charge in [-0.25, -0.2) is 0 Å². The maximum atomic E-state index is 12.7. The minimum Gasteiger partial charge on any atom is -0.384 e. The van der Waals surface area contributed by atoms with Crippen molar-refractivity contribution in [3.8, 4) is 0 Å². The van der Waals surface area contributed by atoms with Crippen molar-refractivity contribution in [3.05, 3.63) is 29.8 Å². The number of para-hydroxylation sites is 1. The van der Waals surface area contributed by atoms with Crippen LogP contribution in [0.4, 0.5) is 18.9 Å². The fraction of sp³-hybridized carbons (Fsp3) is 0.500. The summed E-state index contributed by atoms with van der Waals surface area (Å²) in [5.74, 6) is 1.27. The fourth-order valence-corrected chi connectivity index (χ4v) is 2.20.